The molecule has 0 saturated carbocycles. The standard InChI is InChI=1S/C28H33F3N2O4/c1-26(2,3)14-12-18-6-9-20(16-23(18)28(29,30)31)27(4)21(13-15-37-5)17-33(25(36)32-27)22-10-7-19(8-11-22)24(34)35/h6-11,16-17H,12-15H2,1-5H3,(H,32,36)(H,34,35)/t27-/m0/s1. The smallest absolute Gasteiger partial charge is 0.416 e. The monoisotopic (exact) mass is 518 g/mol. The lowest BCUT2D eigenvalue weighted by Gasteiger charge is -2.41. The van der Waals surface area contributed by atoms with Crippen molar-refractivity contribution >= 4 is 17.7 Å². The minimum atomic E-state index is -4.55. The van der Waals surface area contributed by atoms with Gasteiger partial charge in [0, 0.05) is 13.3 Å². The van der Waals surface area contributed by atoms with E-state index in [0.717, 1.165) is 6.07 Å². The van der Waals surface area contributed by atoms with Gasteiger partial charge in [-0.05, 0) is 78.6 Å². The molecule has 9 heteroatoms. The fourth-order valence-corrected chi connectivity index (χ4v) is 4.32. The summed E-state index contributed by atoms with van der Waals surface area (Å²) in [6, 6.07) is 9.51. The molecule has 0 radical (unpaired) electrons. The van der Waals surface area contributed by atoms with Crippen LogP contribution in [0.1, 0.15) is 67.6 Å². The van der Waals surface area contributed by atoms with Gasteiger partial charge in [-0.15, -0.1) is 0 Å². The molecule has 0 aliphatic carbocycles. The number of ether oxygens (including phenoxy) is 1. The summed E-state index contributed by atoms with van der Waals surface area (Å²) in [6.45, 7) is 7.93. The van der Waals surface area contributed by atoms with Gasteiger partial charge >= 0.3 is 18.2 Å². The van der Waals surface area contributed by atoms with Crippen molar-refractivity contribution in [2.75, 3.05) is 18.6 Å². The zero-order valence-electron chi connectivity index (χ0n) is 21.7. The molecule has 200 valence electrons. The first-order chi connectivity index (χ1) is 17.2. The molecule has 0 spiro atoms. The number of carboxylic acid groups (broad SMARTS) is 1. The SMILES string of the molecule is COCCC1=CN(c2ccc(C(=O)O)cc2)C(=O)N[C@@]1(C)c1ccc(CCC(C)(C)C)c(C(F)(F)F)c1. The Morgan fingerprint density at radius 1 is 1.08 bits per heavy atom. The number of nitrogens with one attached hydrogen (secondary N) is 1. The molecule has 1 aliphatic heterocycles. The van der Waals surface area contributed by atoms with E-state index in [1.165, 1.54) is 42.3 Å². The number of hydrogen-bond acceptors (Lipinski definition) is 3. The second kappa shape index (κ2) is 10.6. The third-order valence-electron chi connectivity index (χ3n) is 6.61. The molecule has 0 unspecified atom stereocenters. The van der Waals surface area contributed by atoms with Crippen molar-refractivity contribution in [3.63, 3.8) is 0 Å². The first kappa shape index (κ1) is 28.2. The van der Waals surface area contributed by atoms with Crippen LogP contribution in [-0.2, 0) is 22.9 Å². The zero-order valence-corrected chi connectivity index (χ0v) is 21.7. The number of nitrogens with zero attached hydrogens (tertiary/aromatic N) is 1. The molecular weight excluding hydrogens is 485 g/mol. The molecule has 3 rings (SSSR count). The van der Waals surface area contributed by atoms with Crippen LogP contribution >= 0.6 is 0 Å². The van der Waals surface area contributed by atoms with Crippen LogP contribution in [-0.4, -0.2) is 30.8 Å². The Bertz CT molecular complexity index is 1180. The van der Waals surface area contributed by atoms with E-state index in [1.54, 1.807) is 19.2 Å². The predicted molar refractivity (Wildman–Crippen MR) is 136 cm³/mol. The van der Waals surface area contributed by atoms with Gasteiger partial charge in [0.1, 0.15) is 0 Å². The van der Waals surface area contributed by atoms with Gasteiger partial charge in [-0.2, -0.15) is 13.2 Å². The molecule has 6 nitrogen and oxygen atoms in total. The Morgan fingerprint density at radius 3 is 2.27 bits per heavy atom. The Morgan fingerprint density at radius 2 is 1.73 bits per heavy atom. The van der Waals surface area contributed by atoms with E-state index in [2.05, 4.69) is 5.32 Å². The van der Waals surface area contributed by atoms with Crippen LogP contribution in [0.25, 0.3) is 0 Å². The van der Waals surface area contributed by atoms with Crippen LogP contribution in [0, 0.1) is 5.41 Å². The lowest BCUT2D eigenvalue weighted by molar-refractivity contribution is -0.138. The number of aromatic carboxylic acids is 1. The number of methoxy groups -OCH3 is 1. The maximum Gasteiger partial charge on any atom is 0.416 e. The molecule has 1 aliphatic rings. The molecule has 2 N–H and O–H groups in total. The van der Waals surface area contributed by atoms with Gasteiger partial charge in [0.25, 0.3) is 0 Å². The van der Waals surface area contributed by atoms with E-state index in [1.807, 2.05) is 20.8 Å². The van der Waals surface area contributed by atoms with E-state index >= 15 is 0 Å². The number of carbonyl (C=O) groups is 2. The Balaban J connectivity index is 2.06. The number of carboxylic acids is 1. The van der Waals surface area contributed by atoms with Crippen LogP contribution in [0.5, 0.6) is 0 Å². The Kier molecular flexibility index (Phi) is 8.07. The number of alkyl halides is 3. The maximum atomic E-state index is 14.1. The summed E-state index contributed by atoms with van der Waals surface area (Å²) in [5.74, 6) is -1.09. The number of rotatable bonds is 8. The fraction of sp³-hybridized carbons (Fsp3) is 0.429. The van der Waals surface area contributed by atoms with Crippen LogP contribution in [0.3, 0.4) is 0 Å². The number of hydrogen-bond donors (Lipinski definition) is 2. The number of urea groups is 1. The summed E-state index contributed by atoms with van der Waals surface area (Å²) in [5.41, 5.74) is -0.360. The first-order valence-electron chi connectivity index (χ1n) is 12.0. The number of anilines is 1. The largest absolute Gasteiger partial charge is 0.478 e. The molecule has 2 amide bonds. The number of amides is 2. The summed E-state index contributed by atoms with van der Waals surface area (Å²) in [6.07, 6.45) is -1.72. The molecular formula is C28H33F3N2O4. The highest BCUT2D eigenvalue weighted by molar-refractivity contribution is 5.97. The van der Waals surface area contributed by atoms with Gasteiger partial charge in [0.2, 0.25) is 0 Å². The van der Waals surface area contributed by atoms with Crippen molar-refractivity contribution < 1.29 is 32.6 Å². The molecule has 1 atom stereocenters. The molecule has 2 aromatic carbocycles. The molecule has 0 fully saturated rings. The normalized spacial score (nSPS) is 18.4. The van der Waals surface area contributed by atoms with Gasteiger partial charge in [-0.25, -0.2) is 9.59 Å². The maximum absolute atomic E-state index is 14.1. The van der Waals surface area contributed by atoms with Gasteiger partial charge in [0.05, 0.1) is 29.0 Å². The van der Waals surface area contributed by atoms with E-state index in [9.17, 15) is 22.8 Å². The van der Waals surface area contributed by atoms with E-state index in [4.69, 9.17) is 9.84 Å². The average Bonchev–Trinajstić information content (AvgIpc) is 2.81. The molecule has 37 heavy (non-hydrogen) atoms. The van der Waals surface area contributed by atoms with Crippen LogP contribution < -0.4 is 10.2 Å². The predicted octanol–water partition coefficient (Wildman–Crippen LogP) is 6.75. The lowest BCUT2D eigenvalue weighted by Crippen LogP contribution is -2.54. The summed E-state index contributed by atoms with van der Waals surface area (Å²) in [5, 5.41) is 12.0. The van der Waals surface area contributed by atoms with Gasteiger partial charge in [-0.1, -0.05) is 32.9 Å². The lowest BCUT2D eigenvalue weighted by atomic mass is 9.80. The molecule has 0 saturated heterocycles. The first-order valence-corrected chi connectivity index (χ1v) is 12.0. The minimum Gasteiger partial charge on any atom is -0.478 e. The van der Waals surface area contributed by atoms with Gasteiger partial charge < -0.3 is 15.2 Å². The summed E-state index contributed by atoms with van der Waals surface area (Å²) in [4.78, 5) is 25.7. The van der Waals surface area contributed by atoms with Gasteiger partial charge in [-0.3, -0.25) is 4.90 Å². The number of halogens is 3. The van der Waals surface area contributed by atoms with Crippen LogP contribution in [0.2, 0.25) is 0 Å². The van der Waals surface area contributed by atoms with Crippen LogP contribution in [0.4, 0.5) is 23.7 Å². The second-order valence-corrected chi connectivity index (χ2v) is 10.6. The highest BCUT2D eigenvalue weighted by Crippen LogP contribution is 2.41. The van der Waals surface area contributed by atoms with Crippen molar-refractivity contribution in [1.29, 1.82) is 0 Å². The molecule has 1 heterocycles. The highest BCUT2D eigenvalue weighted by Gasteiger charge is 2.41. The number of benzene rings is 2. The van der Waals surface area contributed by atoms with E-state index < -0.39 is 29.3 Å². The van der Waals surface area contributed by atoms with Crippen molar-refractivity contribution in [1.82, 2.24) is 5.32 Å². The third kappa shape index (κ3) is 6.52. The Labute approximate surface area is 215 Å². The third-order valence-corrected chi connectivity index (χ3v) is 6.61. The second-order valence-electron chi connectivity index (χ2n) is 10.6. The van der Waals surface area contributed by atoms with Crippen molar-refractivity contribution in [3.05, 3.63) is 76.5 Å². The zero-order chi connectivity index (χ0) is 27.6. The summed E-state index contributed by atoms with van der Waals surface area (Å²) >= 11 is 0. The minimum absolute atomic E-state index is 0.0702. The van der Waals surface area contributed by atoms with Crippen LogP contribution in [0.15, 0.2) is 54.2 Å². The van der Waals surface area contributed by atoms with E-state index in [-0.39, 0.29) is 23.0 Å². The summed E-state index contributed by atoms with van der Waals surface area (Å²) < 4.78 is 47.6. The van der Waals surface area contributed by atoms with Gasteiger partial charge in [0.15, 0.2) is 0 Å². The fourth-order valence-electron chi connectivity index (χ4n) is 4.32. The molecule has 0 aromatic heterocycles. The molecule has 0 bridgehead atoms. The van der Waals surface area contributed by atoms with Crippen molar-refractivity contribution in [2.24, 2.45) is 5.41 Å². The van der Waals surface area contributed by atoms with Crippen molar-refractivity contribution in [2.45, 2.75) is 58.7 Å². The highest BCUT2D eigenvalue weighted by atomic mass is 19.4. The quantitative estimate of drug-likeness (QED) is 0.405. The Hall–Kier alpha value is -3.33. The topological polar surface area (TPSA) is 78.9 Å². The summed E-state index contributed by atoms with van der Waals surface area (Å²) in [7, 11) is 1.52. The van der Waals surface area contributed by atoms with E-state index in [0.29, 0.717) is 36.3 Å². The number of aryl methyl sites for hydroxylation is 1. The average molecular weight is 519 g/mol. The number of carbonyl (C=O) groups excluding carboxylic acids is 1. The molecule has 2 aromatic rings. The van der Waals surface area contributed by atoms with Crippen molar-refractivity contribution in [3.8, 4) is 0 Å².